The Morgan fingerprint density at radius 1 is 0.571 bits per heavy atom. The van der Waals surface area contributed by atoms with Crippen LogP contribution < -0.4 is 0 Å². The number of allylic oxidation sites excluding steroid dienone is 12. The molecule has 3 aliphatic carbocycles. The molecular weight excluding hydrogens is 336 g/mol. The van der Waals surface area contributed by atoms with Crippen molar-refractivity contribution < 1.29 is 0 Å². The standard InChI is InChI=1S/C28H40/c1-14(2)22-16(5)17(6)24(18(22)7)28(13)21(10)27(11,12)25-19(8)23(15(3)4)20(9)26(25)28/h21H,1-13H3. The normalized spacial score (nSPS) is 29.7. The number of rotatable bonds is 1. The summed E-state index contributed by atoms with van der Waals surface area (Å²) in [6.45, 7) is 30.8. The average molecular weight is 377 g/mol. The van der Waals surface area contributed by atoms with Gasteiger partial charge in [0.05, 0.1) is 0 Å². The predicted octanol–water partition coefficient (Wildman–Crippen LogP) is 8.65. The van der Waals surface area contributed by atoms with Crippen molar-refractivity contribution in [2.75, 3.05) is 0 Å². The summed E-state index contributed by atoms with van der Waals surface area (Å²) >= 11 is 0. The van der Waals surface area contributed by atoms with Crippen LogP contribution in [0.25, 0.3) is 0 Å². The van der Waals surface area contributed by atoms with Crippen molar-refractivity contribution in [1.82, 2.24) is 0 Å². The van der Waals surface area contributed by atoms with Gasteiger partial charge in [-0.3, -0.25) is 0 Å². The Morgan fingerprint density at radius 2 is 0.964 bits per heavy atom. The first kappa shape index (κ1) is 21.2. The maximum Gasteiger partial charge on any atom is 0.0219 e. The van der Waals surface area contributed by atoms with Crippen LogP contribution in [0.15, 0.2) is 66.9 Å². The smallest absolute Gasteiger partial charge is 0.0219 e. The zero-order valence-electron chi connectivity index (χ0n) is 20.6. The molecule has 0 aliphatic heterocycles. The van der Waals surface area contributed by atoms with Crippen LogP contribution in [-0.4, -0.2) is 0 Å². The van der Waals surface area contributed by atoms with Crippen LogP contribution in [-0.2, 0) is 0 Å². The monoisotopic (exact) mass is 376 g/mol. The van der Waals surface area contributed by atoms with Crippen molar-refractivity contribution in [3.05, 3.63) is 66.9 Å². The molecule has 3 aliphatic rings. The molecule has 2 unspecified atom stereocenters. The molecule has 152 valence electrons. The molecule has 0 nitrogen and oxygen atoms in total. The summed E-state index contributed by atoms with van der Waals surface area (Å²) < 4.78 is 0. The molecule has 3 rings (SSSR count). The van der Waals surface area contributed by atoms with Gasteiger partial charge in [-0.25, -0.2) is 0 Å². The fourth-order valence-electron chi connectivity index (χ4n) is 7.20. The average Bonchev–Trinajstić information content (AvgIpc) is 3.02. The Labute approximate surface area is 173 Å². The fourth-order valence-corrected chi connectivity index (χ4v) is 7.20. The highest BCUT2D eigenvalue weighted by atomic mass is 14.6. The van der Waals surface area contributed by atoms with Gasteiger partial charge in [-0.15, -0.1) is 0 Å². The van der Waals surface area contributed by atoms with E-state index in [0.29, 0.717) is 5.92 Å². The topological polar surface area (TPSA) is 0 Å². The van der Waals surface area contributed by atoms with Gasteiger partial charge in [0.25, 0.3) is 0 Å². The lowest BCUT2D eigenvalue weighted by atomic mass is 9.64. The van der Waals surface area contributed by atoms with Gasteiger partial charge in [-0.05, 0) is 129 Å². The molecule has 0 aromatic carbocycles. The van der Waals surface area contributed by atoms with E-state index in [0.717, 1.165) is 0 Å². The number of hydrogen-bond acceptors (Lipinski definition) is 0. The first-order chi connectivity index (χ1) is 12.7. The van der Waals surface area contributed by atoms with Crippen molar-refractivity contribution in [2.45, 2.75) is 90.0 Å². The van der Waals surface area contributed by atoms with Gasteiger partial charge in [0, 0.05) is 5.41 Å². The molecule has 0 saturated heterocycles. The lowest BCUT2D eigenvalue weighted by molar-refractivity contribution is 0.221. The zero-order valence-corrected chi connectivity index (χ0v) is 20.6. The minimum Gasteiger partial charge on any atom is -0.0686 e. The Kier molecular flexibility index (Phi) is 4.70. The first-order valence-corrected chi connectivity index (χ1v) is 10.9. The van der Waals surface area contributed by atoms with E-state index in [4.69, 9.17) is 0 Å². The van der Waals surface area contributed by atoms with E-state index >= 15 is 0 Å². The molecule has 0 N–H and O–H groups in total. The van der Waals surface area contributed by atoms with Gasteiger partial charge in [-0.2, -0.15) is 0 Å². The molecule has 28 heavy (non-hydrogen) atoms. The summed E-state index contributed by atoms with van der Waals surface area (Å²) in [5.41, 5.74) is 18.5. The van der Waals surface area contributed by atoms with Crippen LogP contribution >= 0.6 is 0 Å². The highest BCUT2D eigenvalue weighted by Gasteiger charge is 2.59. The van der Waals surface area contributed by atoms with Crippen molar-refractivity contribution in [3.8, 4) is 0 Å². The Bertz CT molecular complexity index is 967. The molecule has 1 saturated carbocycles. The third-order valence-corrected chi connectivity index (χ3v) is 8.44. The molecule has 0 aromatic heterocycles. The van der Waals surface area contributed by atoms with Crippen molar-refractivity contribution >= 4 is 0 Å². The molecular formula is C28H40. The maximum atomic E-state index is 2.54. The SMILES string of the molecule is CC(C)=C1C(C)=C(C)C(C2(C)C3=C(C)C(=C(C)C)C(C)=C3C(C)(C)C2C)=C1C. The summed E-state index contributed by atoms with van der Waals surface area (Å²) in [5, 5.41) is 0. The molecule has 0 aromatic rings. The zero-order chi connectivity index (χ0) is 21.5. The highest BCUT2D eigenvalue weighted by molar-refractivity contribution is 5.75. The van der Waals surface area contributed by atoms with Crippen LogP contribution in [0.3, 0.4) is 0 Å². The molecule has 0 radical (unpaired) electrons. The lowest BCUT2D eigenvalue weighted by Gasteiger charge is -2.39. The first-order valence-electron chi connectivity index (χ1n) is 10.9. The van der Waals surface area contributed by atoms with Crippen molar-refractivity contribution in [2.24, 2.45) is 16.7 Å². The predicted molar refractivity (Wildman–Crippen MR) is 124 cm³/mol. The molecule has 1 fully saturated rings. The maximum absolute atomic E-state index is 2.54. The molecule has 2 atom stereocenters. The van der Waals surface area contributed by atoms with Gasteiger partial charge < -0.3 is 0 Å². The molecule has 0 heterocycles. The summed E-state index contributed by atoms with van der Waals surface area (Å²) in [7, 11) is 0. The lowest BCUT2D eigenvalue weighted by Crippen LogP contribution is -2.31. The van der Waals surface area contributed by atoms with E-state index in [1.807, 2.05) is 0 Å². The largest absolute Gasteiger partial charge is 0.0686 e. The van der Waals surface area contributed by atoms with E-state index in [2.05, 4.69) is 90.0 Å². The second kappa shape index (κ2) is 6.22. The Balaban J connectivity index is 2.47. The van der Waals surface area contributed by atoms with Crippen LogP contribution in [0.2, 0.25) is 0 Å². The molecule has 0 spiro atoms. The Hall–Kier alpha value is -1.56. The van der Waals surface area contributed by atoms with Crippen LogP contribution in [0.1, 0.15) is 90.0 Å². The van der Waals surface area contributed by atoms with E-state index in [1.165, 1.54) is 50.2 Å². The van der Waals surface area contributed by atoms with Crippen LogP contribution in [0.5, 0.6) is 0 Å². The summed E-state index contributed by atoms with van der Waals surface area (Å²) in [6.07, 6.45) is 0. The minimum atomic E-state index is 0.0496. The van der Waals surface area contributed by atoms with Crippen LogP contribution in [0.4, 0.5) is 0 Å². The molecule has 0 heteroatoms. The molecule has 0 amide bonds. The summed E-state index contributed by atoms with van der Waals surface area (Å²) in [5.74, 6) is 0.554. The second-order valence-electron chi connectivity index (χ2n) is 10.6. The number of hydrogen-bond donors (Lipinski definition) is 0. The van der Waals surface area contributed by atoms with Crippen molar-refractivity contribution in [3.63, 3.8) is 0 Å². The third-order valence-electron chi connectivity index (χ3n) is 8.44. The third kappa shape index (κ3) is 2.30. The van der Waals surface area contributed by atoms with Gasteiger partial charge in [-0.1, -0.05) is 38.8 Å². The van der Waals surface area contributed by atoms with Crippen molar-refractivity contribution in [1.29, 1.82) is 0 Å². The van der Waals surface area contributed by atoms with Crippen LogP contribution in [0, 0.1) is 16.7 Å². The highest BCUT2D eigenvalue weighted by Crippen LogP contribution is 2.70. The van der Waals surface area contributed by atoms with Gasteiger partial charge in [0.2, 0.25) is 0 Å². The minimum absolute atomic E-state index is 0.0496. The van der Waals surface area contributed by atoms with Gasteiger partial charge in [0.1, 0.15) is 0 Å². The summed E-state index contributed by atoms with van der Waals surface area (Å²) in [6, 6.07) is 0. The quantitative estimate of drug-likeness (QED) is 0.429. The Morgan fingerprint density at radius 3 is 1.39 bits per heavy atom. The fraction of sp³-hybridized carbons (Fsp3) is 0.571. The summed E-state index contributed by atoms with van der Waals surface area (Å²) in [4.78, 5) is 0. The van der Waals surface area contributed by atoms with E-state index in [9.17, 15) is 0 Å². The number of fused-ring (bicyclic) bond motifs is 1. The van der Waals surface area contributed by atoms with E-state index in [-0.39, 0.29) is 10.8 Å². The van der Waals surface area contributed by atoms with Gasteiger partial charge in [0.15, 0.2) is 0 Å². The van der Waals surface area contributed by atoms with E-state index in [1.54, 1.807) is 16.7 Å². The molecule has 0 bridgehead atoms. The second-order valence-corrected chi connectivity index (χ2v) is 10.6. The van der Waals surface area contributed by atoms with E-state index < -0.39 is 0 Å². The van der Waals surface area contributed by atoms with Gasteiger partial charge >= 0.3 is 0 Å².